The number of piperidine rings is 1. The van der Waals surface area contributed by atoms with Crippen molar-refractivity contribution in [3.05, 3.63) is 59.2 Å². The molecule has 2 aliphatic rings. The standard InChI is InChI=1S/C23H28N2O3.ClH/c1-27-20-14-18-10-13-25(23(26)17-8-11-24-12-9-17)22(16-6-4-3-5-7-16)19(18)15-21(20)28-2;/h3-7,14-15,17,22,24H,8-13H2,1-2H3;1H. The Hall–Kier alpha value is -2.24. The molecule has 1 N–H and O–H groups in total. The molecule has 156 valence electrons. The van der Waals surface area contributed by atoms with Gasteiger partial charge < -0.3 is 19.7 Å². The van der Waals surface area contributed by atoms with Crippen LogP contribution in [0.2, 0.25) is 0 Å². The smallest absolute Gasteiger partial charge is 0.226 e. The van der Waals surface area contributed by atoms with Gasteiger partial charge in [-0.25, -0.2) is 0 Å². The van der Waals surface area contributed by atoms with E-state index in [2.05, 4.69) is 28.4 Å². The summed E-state index contributed by atoms with van der Waals surface area (Å²) < 4.78 is 11.1. The molecule has 0 bridgehead atoms. The molecule has 1 fully saturated rings. The maximum atomic E-state index is 13.5. The van der Waals surface area contributed by atoms with E-state index in [1.807, 2.05) is 24.3 Å². The normalized spacial score (nSPS) is 19.1. The Balaban J connectivity index is 0.00000240. The van der Waals surface area contributed by atoms with Crippen molar-refractivity contribution in [1.29, 1.82) is 0 Å². The Labute approximate surface area is 178 Å². The Bertz CT molecular complexity index is 838. The van der Waals surface area contributed by atoms with Crippen LogP contribution in [0.3, 0.4) is 0 Å². The summed E-state index contributed by atoms with van der Waals surface area (Å²) in [5.41, 5.74) is 3.50. The van der Waals surface area contributed by atoms with Crippen LogP contribution in [-0.2, 0) is 11.2 Å². The van der Waals surface area contributed by atoms with Crippen LogP contribution in [0.1, 0.15) is 35.6 Å². The van der Waals surface area contributed by atoms with Gasteiger partial charge in [0.05, 0.1) is 20.3 Å². The van der Waals surface area contributed by atoms with Gasteiger partial charge in [0.25, 0.3) is 0 Å². The van der Waals surface area contributed by atoms with Crippen LogP contribution >= 0.6 is 12.4 Å². The number of methoxy groups -OCH3 is 2. The van der Waals surface area contributed by atoms with Gasteiger partial charge in [0.15, 0.2) is 11.5 Å². The highest BCUT2D eigenvalue weighted by atomic mass is 35.5. The molecular formula is C23H29ClN2O3. The van der Waals surface area contributed by atoms with Gasteiger partial charge in [-0.2, -0.15) is 0 Å². The minimum Gasteiger partial charge on any atom is -0.493 e. The first-order valence-corrected chi connectivity index (χ1v) is 10.0. The SMILES string of the molecule is COc1cc2c(cc1OC)C(c1ccccc1)N(C(=O)C1CCNCC1)CC2.Cl. The number of carbonyl (C=O) groups excluding carboxylic acids is 1. The Morgan fingerprint density at radius 3 is 2.34 bits per heavy atom. The topological polar surface area (TPSA) is 50.8 Å². The first-order valence-electron chi connectivity index (χ1n) is 10.0. The van der Waals surface area contributed by atoms with Crippen LogP contribution in [0.4, 0.5) is 0 Å². The number of benzene rings is 2. The number of rotatable bonds is 4. The zero-order valence-corrected chi connectivity index (χ0v) is 17.8. The van der Waals surface area contributed by atoms with Crippen molar-refractivity contribution >= 4 is 18.3 Å². The predicted molar refractivity (Wildman–Crippen MR) is 116 cm³/mol. The number of halogens is 1. The lowest BCUT2D eigenvalue weighted by molar-refractivity contribution is -0.138. The number of fused-ring (bicyclic) bond motifs is 1. The molecule has 1 unspecified atom stereocenters. The van der Waals surface area contributed by atoms with Gasteiger partial charge in [-0.05, 0) is 61.2 Å². The summed E-state index contributed by atoms with van der Waals surface area (Å²) in [6.45, 7) is 2.56. The lowest BCUT2D eigenvalue weighted by Gasteiger charge is -2.40. The van der Waals surface area contributed by atoms with Crippen LogP contribution in [0.25, 0.3) is 0 Å². The number of amides is 1. The van der Waals surface area contributed by atoms with Gasteiger partial charge in [0.1, 0.15) is 0 Å². The highest BCUT2D eigenvalue weighted by Crippen LogP contribution is 2.41. The molecule has 0 aromatic heterocycles. The fourth-order valence-corrected chi connectivity index (χ4v) is 4.48. The lowest BCUT2D eigenvalue weighted by Crippen LogP contribution is -2.46. The van der Waals surface area contributed by atoms with E-state index in [1.165, 1.54) is 5.56 Å². The third-order valence-electron chi connectivity index (χ3n) is 5.96. The summed E-state index contributed by atoms with van der Waals surface area (Å²) >= 11 is 0. The number of hydrogen-bond acceptors (Lipinski definition) is 4. The molecule has 2 aromatic rings. The fourth-order valence-electron chi connectivity index (χ4n) is 4.48. The molecule has 0 spiro atoms. The molecule has 5 nitrogen and oxygen atoms in total. The van der Waals surface area contributed by atoms with E-state index in [9.17, 15) is 4.79 Å². The third-order valence-corrected chi connectivity index (χ3v) is 5.96. The van der Waals surface area contributed by atoms with Gasteiger partial charge >= 0.3 is 0 Å². The molecule has 1 saturated heterocycles. The van der Waals surface area contributed by atoms with Crippen molar-refractivity contribution in [3.63, 3.8) is 0 Å². The van der Waals surface area contributed by atoms with Gasteiger partial charge in [0.2, 0.25) is 5.91 Å². The quantitative estimate of drug-likeness (QED) is 0.827. The van der Waals surface area contributed by atoms with E-state index >= 15 is 0 Å². The van der Waals surface area contributed by atoms with Crippen molar-refractivity contribution in [3.8, 4) is 11.5 Å². The minimum atomic E-state index is -0.0906. The fraction of sp³-hybridized carbons (Fsp3) is 0.435. The Morgan fingerprint density at radius 2 is 1.69 bits per heavy atom. The van der Waals surface area contributed by atoms with Crippen molar-refractivity contribution in [2.75, 3.05) is 33.9 Å². The molecule has 2 heterocycles. The van der Waals surface area contributed by atoms with Crippen LogP contribution < -0.4 is 14.8 Å². The number of nitrogens with zero attached hydrogens (tertiary/aromatic N) is 1. The highest BCUT2D eigenvalue weighted by Gasteiger charge is 2.36. The maximum Gasteiger partial charge on any atom is 0.226 e. The van der Waals surface area contributed by atoms with Gasteiger partial charge in [-0.3, -0.25) is 4.79 Å². The molecular weight excluding hydrogens is 388 g/mol. The summed E-state index contributed by atoms with van der Waals surface area (Å²) in [6, 6.07) is 14.3. The van der Waals surface area contributed by atoms with E-state index in [0.29, 0.717) is 5.75 Å². The summed E-state index contributed by atoms with van der Waals surface area (Å²) in [7, 11) is 3.32. The van der Waals surface area contributed by atoms with E-state index in [4.69, 9.17) is 9.47 Å². The lowest BCUT2D eigenvalue weighted by atomic mass is 9.86. The second-order valence-corrected chi connectivity index (χ2v) is 7.53. The molecule has 29 heavy (non-hydrogen) atoms. The summed E-state index contributed by atoms with van der Waals surface area (Å²) in [6.07, 6.45) is 2.65. The van der Waals surface area contributed by atoms with Gasteiger partial charge in [-0.15, -0.1) is 12.4 Å². The second-order valence-electron chi connectivity index (χ2n) is 7.53. The summed E-state index contributed by atoms with van der Waals surface area (Å²) in [4.78, 5) is 15.5. The maximum absolute atomic E-state index is 13.5. The molecule has 1 amide bonds. The average Bonchev–Trinajstić information content (AvgIpc) is 2.77. The zero-order chi connectivity index (χ0) is 19.5. The van der Waals surface area contributed by atoms with Crippen molar-refractivity contribution in [2.24, 2.45) is 5.92 Å². The van der Waals surface area contributed by atoms with Crippen LogP contribution in [0.5, 0.6) is 11.5 Å². The molecule has 2 aliphatic heterocycles. The van der Waals surface area contributed by atoms with Crippen molar-refractivity contribution in [2.45, 2.75) is 25.3 Å². The van der Waals surface area contributed by atoms with Gasteiger partial charge in [-0.1, -0.05) is 30.3 Å². The van der Waals surface area contributed by atoms with Crippen molar-refractivity contribution in [1.82, 2.24) is 10.2 Å². The minimum absolute atomic E-state index is 0. The van der Waals surface area contributed by atoms with E-state index in [-0.39, 0.29) is 30.3 Å². The first-order chi connectivity index (χ1) is 13.7. The first kappa shape index (κ1) is 21.5. The van der Waals surface area contributed by atoms with Crippen LogP contribution in [-0.4, -0.2) is 44.7 Å². The largest absolute Gasteiger partial charge is 0.493 e. The number of ether oxygens (including phenoxy) is 2. The van der Waals surface area contributed by atoms with E-state index in [1.54, 1.807) is 14.2 Å². The summed E-state index contributed by atoms with van der Waals surface area (Å²) in [5.74, 6) is 1.83. The highest BCUT2D eigenvalue weighted by molar-refractivity contribution is 5.85. The molecule has 6 heteroatoms. The predicted octanol–water partition coefficient (Wildman–Crippen LogP) is 3.60. The van der Waals surface area contributed by atoms with E-state index < -0.39 is 0 Å². The molecule has 0 radical (unpaired) electrons. The zero-order valence-electron chi connectivity index (χ0n) is 17.0. The van der Waals surface area contributed by atoms with Crippen LogP contribution in [0.15, 0.2) is 42.5 Å². The number of hydrogen-bond donors (Lipinski definition) is 1. The summed E-state index contributed by atoms with van der Waals surface area (Å²) in [5, 5.41) is 3.36. The Kier molecular flexibility index (Phi) is 7.04. The van der Waals surface area contributed by atoms with E-state index in [0.717, 1.165) is 55.8 Å². The average molecular weight is 417 g/mol. The molecule has 2 aromatic carbocycles. The van der Waals surface area contributed by atoms with Gasteiger partial charge in [0, 0.05) is 12.5 Å². The van der Waals surface area contributed by atoms with Crippen LogP contribution in [0, 0.1) is 5.92 Å². The monoisotopic (exact) mass is 416 g/mol. The Morgan fingerprint density at radius 1 is 1.03 bits per heavy atom. The van der Waals surface area contributed by atoms with Crippen molar-refractivity contribution < 1.29 is 14.3 Å². The third kappa shape index (κ3) is 4.21. The number of carbonyl (C=O) groups is 1. The number of nitrogens with one attached hydrogen (secondary N) is 1. The second kappa shape index (κ2) is 9.51. The molecule has 4 rings (SSSR count). The molecule has 1 atom stereocenters. The molecule has 0 aliphatic carbocycles. The molecule has 0 saturated carbocycles.